The van der Waals surface area contributed by atoms with Crippen molar-refractivity contribution in [1.29, 1.82) is 0 Å². The van der Waals surface area contributed by atoms with Crippen LogP contribution in [0.4, 0.5) is 17.5 Å². The number of aromatic nitrogens is 2. The number of phenols is 1. The van der Waals surface area contributed by atoms with Gasteiger partial charge in [0, 0.05) is 36.4 Å². The summed E-state index contributed by atoms with van der Waals surface area (Å²) in [6.07, 6.45) is 0.873. The highest BCUT2D eigenvalue weighted by Crippen LogP contribution is 2.40. The Balaban J connectivity index is 1.67. The van der Waals surface area contributed by atoms with Crippen LogP contribution in [0.2, 0.25) is 0 Å². The highest BCUT2D eigenvalue weighted by atomic mass is 16.5. The zero-order valence-electron chi connectivity index (χ0n) is 16.5. The van der Waals surface area contributed by atoms with Crippen LogP contribution in [0.3, 0.4) is 0 Å². The van der Waals surface area contributed by atoms with Crippen LogP contribution in [0.1, 0.15) is 11.1 Å². The third kappa shape index (κ3) is 3.29. The van der Waals surface area contributed by atoms with E-state index in [2.05, 4.69) is 41.0 Å². The molecule has 0 unspecified atom stereocenters. The average molecular weight is 388 g/mol. The number of hydrogen-bond acceptors (Lipinski definition) is 6. The van der Waals surface area contributed by atoms with E-state index < -0.39 is 0 Å². The molecule has 6 nitrogen and oxygen atoms in total. The summed E-state index contributed by atoms with van der Waals surface area (Å²) in [5.74, 6) is 1.94. The second-order valence-electron chi connectivity index (χ2n) is 7.51. The normalized spacial score (nSPS) is 16.2. The van der Waals surface area contributed by atoms with Gasteiger partial charge in [0.05, 0.1) is 18.9 Å². The number of morpholine rings is 1. The zero-order valence-corrected chi connectivity index (χ0v) is 16.5. The van der Waals surface area contributed by atoms with Crippen molar-refractivity contribution >= 4 is 17.5 Å². The summed E-state index contributed by atoms with van der Waals surface area (Å²) < 4.78 is 5.51. The first-order chi connectivity index (χ1) is 14.2. The van der Waals surface area contributed by atoms with Crippen molar-refractivity contribution in [3.63, 3.8) is 0 Å². The van der Waals surface area contributed by atoms with Gasteiger partial charge in [-0.2, -0.15) is 4.98 Å². The first kappa shape index (κ1) is 17.9. The Morgan fingerprint density at radius 3 is 2.59 bits per heavy atom. The van der Waals surface area contributed by atoms with Crippen molar-refractivity contribution in [3.05, 3.63) is 59.7 Å². The Hall–Kier alpha value is -3.12. The van der Waals surface area contributed by atoms with Gasteiger partial charge in [0.2, 0.25) is 5.95 Å². The molecule has 2 aliphatic heterocycles. The minimum Gasteiger partial charge on any atom is -0.508 e. The number of hydrogen-bond donors (Lipinski definition) is 1. The molecular weight excluding hydrogens is 364 g/mol. The molecule has 0 spiro atoms. The van der Waals surface area contributed by atoms with Gasteiger partial charge in [0.25, 0.3) is 0 Å². The summed E-state index contributed by atoms with van der Waals surface area (Å²) in [5, 5.41) is 10.0. The van der Waals surface area contributed by atoms with Crippen LogP contribution < -0.4 is 9.80 Å². The van der Waals surface area contributed by atoms with Crippen molar-refractivity contribution < 1.29 is 9.84 Å². The van der Waals surface area contributed by atoms with Crippen LogP contribution >= 0.6 is 0 Å². The summed E-state index contributed by atoms with van der Waals surface area (Å²) in [6, 6.07) is 15.7. The Morgan fingerprint density at radius 1 is 0.966 bits per heavy atom. The zero-order chi connectivity index (χ0) is 19.8. The van der Waals surface area contributed by atoms with Crippen LogP contribution in [0.5, 0.6) is 5.75 Å². The molecule has 6 heteroatoms. The van der Waals surface area contributed by atoms with Gasteiger partial charge in [-0.25, -0.2) is 4.98 Å². The monoisotopic (exact) mass is 388 g/mol. The van der Waals surface area contributed by atoms with Crippen molar-refractivity contribution in [1.82, 2.24) is 9.97 Å². The standard InChI is InChI=1S/C23H24N4O2/c1-16-5-2-3-8-20(16)27-10-9-19-21(17-6-4-7-18(28)15-17)24-23(25-22(19)27)26-11-13-29-14-12-26/h2-8,15,28H,9-14H2,1H3. The van der Waals surface area contributed by atoms with Gasteiger partial charge in [-0.3, -0.25) is 0 Å². The number of anilines is 3. The van der Waals surface area contributed by atoms with Gasteiger partial charge in [-0.15, -0.1) is 0 Å². The predicted octanol–water partition coefficient (Wildman–Crippen LogP) is 3.69. The summed E-state index contributed by atoms with van der Waals surface area (Å²) >= 11 is 0. The molecule has 2 aromatic carbocycles. The molecule has 0 aliphatic carbocycles. The fraction of sp³-hybridized carbons (Fsp3) is 0.304. The molecular formula is C23H24N4O2. The van der Waals surface area contributed by atoms with E-state index in [0.29, 0.717) is 13.2 Å². The Morgan fingerprint density at radius 2 is 1.79 bits per heavy atom. The van der Waals surface area contributed by atoms with E-state index in [1.165, 1.54) is 11.3 Å². The van der Waals surface area contributed by atoms with Crippen molar-refractivity contribution in [2.75, 3.05) is 42.6 Å². The van der Waals surface area contributed by atoms with Gasteiger partial charge < -0.3 is 19.6 Å². The first-order valence-electron chi connectivity index (χ1n) is 10.1. The fourth-order valence-electron chi connectivity index (χ4n) is 4.14. The molecule has 0 amide bonds. The van der Waals surface area contributed by atoms with E-state index in [1.807, 2.05) is 12.1 Å². The Bertz CT molecular complexity index is 1050. The second-order valence-corrected chi connectivity index (χ2v) is 7.51. The van der Waals surface area contributed by atoms with Gasteiger partial charge in [-0.1, -0.05) is 30.3 Å². The molecule has 3 heterocycles. The SMILES string of the molecule is Cc1ccccc1N1CCc2c(-c3cccc(O)c3)nc(N3CCOCC3)nc21. The Labute approximate surface area is 170 Å². The number of para-hydroxylation sites is 1. The number of fused-ring (bicyclic) bond motifs is 1. The van der Waals surface area contributed by atoms with Crippen LogP contribution in [0.25, 0.3) is 11.3 Å². The van der Waals surface area contributed by atoms with Crippen LogP contribution in [0.15, 0.2) is 48.5 Å². The molecule has 1 saturated heterocycles. The first-order valence-corrected chi connectivity index (χ1v) is 10.1. The molecule has 0 saturated carbocycles. The van der Waals surface area contributed by atoms with E-state index in [0.717, 1.165) is 54.6 Å². The molecule has 0 radical (unpaired) electrons. The lowest BCUT2D eigenvalue weighted by Gasteiger charge is -2.28. The van der Waals surface area contributed by atoms with Crippen molar-refractivity contribution in [2.45, 2.75) is 13.3 Å². The maximum absolute atomic E-state index is 10.0. The van der Waals surface area contributed by atoms with Gasteiger partial charge in [0.15, 0.2) is 0 Å². The average Bonchev–Trinajstić information content (AvgIpc) is 3.18. The third-order valence-corrected chi connectivity index (χ3v) is 5.63. The number of rotatable bonds is 3. The second kappa shape index (κ2) is 7.37. The van der Waals surface area contributed by atoms with Crippen LogP contribution in [0, 0.1) is 6.92 Å². The minimum atomic E-state index is 0.247. The maximum Gasteiger partial charge on any atom is 0.228 e. The quantitative estimate of drug-likeness (QED) is 0.738. The molecule has 2 aliphatic rings. The molecule has 29 heavy (non-hydrogen) atoms. The van der Waals surface area contributed by atoms with Crippen molar-refractivity contribution in [3.8, 4) is 17.0 Å². The fourth-order valence-corrected chi connectivity index (χ4v) is 4.14. The summed E-state index contributed by atoms with van der Waals surface area (Å²) in [7, 11) is 0. The highest BCUT2D eigenvalue weighted by molar-refractivity contribution is 5.78. The lowest BCUT2D eigenvalue weighted by molar-refractivity contribution is 0.122. The van der Waals surface area contributed by atoms with Crippen LogP contribution in [-0.4, -0.2) is 47.9 Å². The lowest BCUT2D eigenvalue weighted by atomic mass is 10.1. The van der Waals surface area contributed by atoms with E-state index in [-0.39, 0.29) is 5.75 Å². The maximum atomic E-state index is 10.0. The molecule has 148 valence electrons. The summed E-state index contributed by atoms with van der Waals surface area (Å²) in [4.78, 5) is 14.4. The predicted molar refractivity (Wildman–Crippen MR) is 114 cm³/mol. The Kier molecular flexibility index (Phi) is 4.56. The number of aromatic hydroxyl groups is 1. The largest absolute Gasteiger partial charge is 0.508 e. The number of aryl methyl sites for hydroxylation is 1. The van der Waals surface area contributed by atoms with E-state index >= 15 is 0 Å². The van der Waals surface area contributed by atoms with E-state index in [4.69, 9.17) is 14.7 Å². The van der Waals surface area contributed by atoms with Crippen molar-refractivity contribution in [2.24, 2.45) is 0 Å². The third-order valence-electron chi connectivity index (χ3n) is 5.63. The van der Waals surface area contributed by atoms with Gasteiger partial charge >= 0.3 is 0 Å². The van der Waals surface area contributed by atoms with Gasteiger partial charge in [-0.05, 0) is 37.1 Å². The van der Waals surface area contributed by atoms with Gasteiger partial charge in [0.1, 0.15) is 11.6 Å². The smallest absolute Gasteiger partial charge is 0.228 e. The number of nitrogens with zero attached hydrogens (tertiary/aromatic N) is 4. The van der Waals surface area contributed by atoms with E-state index in [9.17, 15) is 5.11 Å². The van der Waals surface area contributed by atoms with Crippen LogP contribution in [-0.2, 0) is 11.2 Å². The number of ether oxygens (including phenoxy) is 1. The molecule has 1 aromatic heterocycles. The van der Waals surface area contributed by atoms with E-state index in [1.54, 1.807) is 12.1 Å². The lowest BCUT2D eigenvalue weighted by Crippen LogP contribution is -2.37. The number of phenolic OH excluding ortho intramolecular Hbond substituents is 1. The number of benzene rings is 2. The molecule has 1 fully saturated rings. The summed E-state index contributed by atoms with van der Waals surface area (Å²) in [6.45, 7) is 5.93. The molecule has 0 bridgehead atoms. The topological polar surface area (TPSA) is 61.7 Å². The molecule has 5 rings (SSSR count). The summed E-state index contributed by atoms with van der Waals surface area (Å²) in [5.41, 5.74) is 5.37. The molecule has 0 atom stereocenters. The highest BCUT2D eigenvalue weighted by Gasteiger charge is 2.29. The molecule has 1 N–H and O–H groups in total. The minimum absolute atomic E-state index is 0.247. The molecule has 3 aromatic rings.